The molecule has 1 atom stereocenters. The lowest BCUT2D eigenvalue weighted by molar-refractivity contribution is 0.130. The van der Waals surface area contributed by atoms with Crippen LogP contribution in [0.4, 0.5) is 0 Å². The van der Waals surface area contributed by atoms with E-state index in [1.807, 2.05) is 13.0 Å². The third-order valence-electron chi connectivity index (χ3n) is 3.29. The second kappa shape index (κ2) is 6.99. The van der Waals surface area contributed by atoms with Gasteiger partial charge >= 0.3 is 0 Å². The number of nitrogens with zero attached hydrogens (tertiary/aromatic N) is 2. The fourth-order valence-electron chi connectivity index (χ4n) is 2.49. The Morgan fingerprint density at radius 2 is 2.35 bits per heavy atom. The average molecular weight is 260 g/mol. The van der Waals surface area contributed by atoms with Crippen LogP contribution in [-0.4, -0.2) is 29.2 Å². The molecule has 1 aliphatic heterocycles. The first-order chi connectivity index (χ1) is 7.79. The summed E-state index contributed by atoms with van der Waals surface area (Å²) < 4.78 is 5.10. The van der Waals surface area contributed by atoms with E-state index in [4.69, 9.17) is 10.3 Å². The second-order valence-electron chi connectivity index (χ2n) is 4.63. The zero-order chi connectivity index (χ0) is 11.4. The van der Waals surface area contributed by atoms with Crippen molar-refractivity contribution in [3.8, 4) is 0 Å². The number of halogens is 1. The predicted molar refractivity (Wildman–Crippen MR) is 70.2 cm³/mol. The van der Waals surface area contributed by atoms with Crippen molar-refractivity contribution in [3.05, 3.63) is 17.5 Å². The van der Waals surface area contributed by atoms with Gasteiger partial charge < -0.3 is 10.3 Å². The van der Waals surface area contributed by atoms with E-state index < -0.39 is 0 Å². The van der Waals surface area contributed by atoms with Crippen LogP contribution in [0.3, 0.4) is 0 Å². The molecule has 4 nitrogen and oxygen atoms in total. The van der Waals surface area contributed by atoms with Crippen LogP contribution in [0.2, 0.25) is 0 Å². The quantitative estimate of drug-likeness (QED) is 0.900. The third-order valence-corrected chi connectivity index (χ3v) is 3.29. The summed E-state index contributed by atoms with van der Waals surface area (Å²) in [5, 5.41) is 4.06. The minimum Gasteiger partial charge on any atom is -0.361 e. The van der Waals surface area contributed by atoms with Gasteiger partial charge in [0.25, 0.3) is 0 Å². The zero-order valence-electron chi connectivity index (χ0n) is 10.4. The highest BCUT2D eigenvalue weighted by Gasteiger charge is 2.22. The zero-order valence-corrected chi connectivity index (χ0v) is 11.2. The molecular formula is C12H22ClN3O. The number of nitrogens with two attached hydrogens (primary N) is 1. The Morgan fingerprint density at radius 1 is 1.53 bits per heavy atom. The van der Waals surface area contributed by atoms with E-state index in [9.17, 15) is 0 Å². The summed E-state index contributed by atoms with van der Waals surface area (Å²) in [5.41, 5.74) is 6.70. The average Bonchev–Trinajstić information content (AvgIpc) is 2.67. The fraction of sp³-hybridized carbons (Fsp3) is 0.750. The number of piperidine rings is 1. The number of aromatic nitrogens is 1. The molecule has 0 aliphatic carbocycles. The van der Waals surface area contributed by atoms with E-state index in [2.05, 4.69) is 10.1 Å². The maximum atomic E-state index is 5.66. The van der Waals surface area contributed by atoms with Gasteiger partial charge in [-0.05, 0) is 39.3 Å². The highest BCUT2D eigenvalue weighted by Crippen LogP contribution is 2.21. The molecule has 1 fully saturated rings. The SMILES string of the molecule is Cc1cc(CN2CCCCC2CCN)no1.Cl. The van der Waals surface area contributed by atoms with E-state index >= 15 is 0 Å². The predicted octanol–water partition coefficient (Wildman–Crippen LogP) is 2.11. The molecule has 1 aromatic rings. The van der Waals surface area contributed by atoms with Crippen LogP contribution in [0.1, 0.15) is 37.1 Å². The summed E-state index contributed by atoms with van der Waals surface area (Å²) in [5.74, 6) is 0.891. The highest BCUT2D eigenvalue weighted by molar-refractivity contribution is 5.85. The van der Waals surface area contributed by atoms with Crippen molar-refractivity contribution in [2.75, 3.05) is 13.1 Å². The summed E-state index contributed by atoms with van der Waals surface area (Å²) in [6.45, 7) is 4.78. The van der Waals surface area contributed by atoms with Gasteiger partial charge in [0, 0.05) is 18.7 Å². The molecule has 98 valence electrons. The summed E-state index contributed by atoms with van der Waals surface area (Å²) in [6.07, 6.45) is 4.99. The summed E-state index contributed by atoms with van der Waals surface area (Å²) in [6, 6.07) is 2.66. The second-order valence-corrected chi connectivity index (χ2v) is 4.63. The highest BCUT2D eigenvalue weighted by atomic mass is 35.5. The van der Waals surface area contributed by atoms with Crippen LogP contribution >= 0.6 is 12.4 Å². The van der Waals surface area contributed by atoms with Crippen molar-refractivity contribution in [2.24, 2.45) is 5.73 Å². The van der Waals surface area contributed by atoms with Gasteiger partial charge in [0.05, 0.1) is 5.69 Å². The van der Waals surface area contributed by atoms with Crippen molar-refractivity contribution in [1.29, 1.82) is 0 Å². The molecule has 0 bridgehead atoms. The molecule has 2 heterocycles. The van der Waals surface area contributed by atoms with Gasteiger partial charge in [-0.3, -0.25) is 4.90 Å². The molecule has 1 aromatic heterocycles. The molecule has 5 heteroatoms. The first-order valence-corrected chi connectivity index (χ1v) is 6.16. The van der Waals surface area contributed by atoms with Crippen molar-refractivity contribution in [2.45, 2.75) is 45.2 Å². The Bertz CT molecular complexity index is 327. The number of hydrogen-bond donors (Lipinski definition) is 1. The number of aryl methyl sites for hydroxylation is 1. The molecule has 2 rings (SSSR count). The van der Waals surface area contributed by atoms with Crippen molar-refractivity contribution >= 4 is 12.4 Å². The van der Waals surface area contributed by atoms with Gasteiger partial charge in [-0.25, -0.2) is 0 Å². The minimum atomic E-state index is 0. The van der Waals surface area contributed by atoms with Crippen LogP contribution in [0.25, 0.3) is 0 Å². The molecule has 1 aliphatic rings. The molecule has 0 spiro atoms. The van der Waals surface area contributed by atoms with Crippen LogP contribution < -0.4 is 5.73 Å². The minimum absolute atomic E-state index is 0. The smallest absolute Gasteiger partial charge is 0.133 e. The molecule has 0 saturated carbocycles. The summed E-state index contributed by atoms with van der Waals surface area (Å²) >= 11 is 0. The van der Waals surface area contributed by atoms with Gasteiger partial charge in [0.15, 0.2) is 0 Å². The van der Waals surface area contributed by atoms with Crippen LogP contribution in [0, 0.1) is 6.92 Å². The number of hydrogen-bond acceptors (Lipinski definition) is 4. The van der Waals surface area contributed by atoms with E-state index in [1.54, 1.807) is 0 Å². The molecule has 0 radical (unpaired) electrons. The van der Waals surface area contributed by atoms with E-state index in [0.29, 0.717) is 6.04 Å². The number of rotatable bonds is 4. The van der Waals surface area contributed by atoms with Crippen molar-refractivity contribution < 1.29 is 4.52 Å². The van der Waals surface area contributed by atoms with Crippen LogP contribution in [0.5, 0.6) is 0 Å². The Labute approximate surface area is 109 Å². The van der Waals surface area contributed by atoms with E-state index in [-0.39, 0.29) is 12.4 Å². The number of likely N-dealkylation sites (tertiary alicyclic amines) is 1. The Morgan fingerprint density at radius 3 is 3.00 bits per heavy atom. The molecule has 1 unspecified atom stereocenters. The van der Waals surface area contributed by atoms with Crippen molar-refractivity contribution in [3.63, 3.8) is 0 Å². The van der Waals surface area contributed by atoms with Crippen molar-refractivity contribution in [1.82, 2.24) is 10.1 Å². The van der Waals surface area contributed by atoms with Gasteiger partial charge in [0.1, 0.15) is 5.76 Å². The van der Waals surface area contributed by atoms with Gasteiger partial charge in [0.2, 0.25) is 0 Å². The van der Waals surface area contributed by atoms with E-state index in [1.165, 1.54) is 19.3 Å². The molecular weight excluding hydrogens is 238 g/mol. The summed E-state index contributed by atoms with van der Waals surface area (Å²) in [4.78, 5) is 2.49. The summed E-state index contributed by atoms with van der Waals surface area (Å²) in [7, 11) is 0. The molecule has 0 aromatic carbocycles. The fourth-order valence-corrected chi connectivity index (χ4v) is 2.49. The maximum absolute atomic E-state index is 5.66. The van der Waals surface area contributed by atoms with Gasteiger partial charge in [-0.2, -0.15) is 0 Å². The molecule has 0 amide bonds. The lowest BCUT2D eigenvalue weighted by Gasteiger charge is -2.34. The Hall–Kier alpha value is -0.580. The van der Waals surface area contributed by atoms with Crippen LogP contribution in [-0.2, 0) is 6.54 Å². The third kappa shape index (κ3) is 3.98. The maximum Gasteiger partial charge on any atom is 0.133 e. The first-order valence-electron chi connectivity index (χ1n) is 6.16. The van der Waals surface area contributed by atoms with E-state index in [0.717, 1.165) is 37.5 Å². The molecule has 17 heavy (non-hydrogen) atoms. The lowest BCUT2D eigenvalue weighted by Crippen LogP contribution is -2.40. The lowest BCUT2D eigenvalue weighted by atomic mass is 9.99. The standard InChI is InChI=1S/C12H21N3O.ClH/c1-10-8-11(14-16-10)9-15-7-3-2-4-12(15)5-6-13;/h8,12H,2-7,9,13H2,1H3;1H. The first kappa shape index (κ1) is 14.5. The molecule has 2 N–H and O–H groups in total. The molecule has 1 saturated heterocycles. The largest absolute Gasteiger partial charge is 0.361 e. The monoisotopic (exact) mass is 259 g/mol. The van der Waals surface area contributed by atoms with Gasteiger partial charge in [-0.15, -0.1) is 12.4 Å². The normalized spacial score (nSPS) is 21.2. The Balaban J connectivity index is 0.00000144. The Kier molecular flexibility index (Phi) is 5.95. The topological polar surface area (TPSA) is 55.3 Å². The van der Waals surface area contributed by atoms with Crippen LogP contribution in [0.15, 0.2) is 10.6 Å². The van der Waals surface area contributed by atoms with Gasteiger partial charge in [-0.1, -0.05) is 11.6 Å².